The molecule has 0 saturated heterocycles. The zero-order chi connectivity index (χ0) is 11.5. The molecule has 0 radical (unpaired) electrons. The molecule has 0 bridgehead atoms. The normalized spacial score (nSPS) is 10.4. The highest BCUT2D eigenvalue weighted by molar-refractivity contribution is 9.10. The predicted molar refractivity (Wildman–Crippen MR) is 64.0 cm³/mol. The topological polar surface area (TPSA) is 43.1 Å². The minimum absolute atomic E-state index is 0.0666. The predicted octanol–water partition coefficient (Wildman–Crippen LogP) is 3.24. The largest absolute Gasteiger partial charge is 0.441 e. The van der Waals surface area contributed by atoms with Crippen molar-refractivity contribution in [3.8, 4) is 11.5 Å². The summed E-state index contributed by atoms with van der Waals surface area (Å²) in [6, 6.07) is 7.68. The molecule has 0 atom stereocenters. The van der Waals surface area contributed by atoms with E-state index in [0.717, 1.165) is 10.0 Å². The number of oxazole rings is 1. The van der Waals surface area contributed by atoms with Crippen LogP contribution in [-0.4, -0.2) is 10.8 Å². The summed E-state index contributed by atoms with van der Waals surface area (Å²) in [6.07, 6.45) is 1.89. The Hall–Kier alpha value is -1.42. The molecule has 0 saturated carbocycles. The minimum Gasteiger partial charge on any atom is -0.441 e. The maximum absolute atomic E-state index is 10.9. The molecule has 1 heterocycles. The van der Waals surface area contributed by atoms with Crippen LogP contribution >= 0.6 is 15.9 Å². The first-order chi connectivity index (χ1) is 7.65. The summed E-state index contributed by atoms with van der Waals surface area (Å²) >= 11 is 3.38. The highest BCUT2D eigenvalue weighted by atomic mass is 79.9. The molecule has 1 aromatic carbocycles. The van der Waals surface area contributed by atoms with Gasteiger partial charge < -0.3 is 4.42 Å². The van der Waals surface area contributed by atoms with E-state index in [9.17, 15) is 4.79 Å². The number of nitrogens with zero attached hydrogens (tertiary/aromatic N) is 1. The Morgan fingerprint density at radius 3 is 3.00 bits per heavy atom. The van der Waals surface area contributed by atoms with Gasteiger partial charge in [0.15, 0.2) is 0 Å². The summed E-state index contributed by atoms with van der Waals surface area (Å²) in [6.45, 7) is 1.53. The molecular weight excluding hydrogens is 270 g/mol. The number of hydrogen-bond donors (Lipinski definition) is 0. The smallest absolute Gasteiger partial charge is 0.226 e. The van der Waals surface area contributed by atoms with Crippen molar-refractivity contribution < 1.29 is 9.21 Å². The second kappa shape index (κ2) is 4.61. The van der Waals surface area contributed by atoms with Crippen LogP contribution in [0.2, 0.25) is 0 Å². The molecule has 0 aliphatic rings. The second-order valence-electron chi connectivity index (χ2n) is 3.52. The number of aromatic nitrogens is 1. The molecule has 1 aromatic heterocycles. The SMILES string of the molecule is CC(=O)Cc1cnc(-c2cccc(Br)c2)o1. The van der Waals surface area contributed by atoms with Gasteiger partial charge in [-0.2, -0.15) is 0 Å². The molecule has 0 unspecified atom stereocenters. The van der Waals surface area contributed by atoms with Gasteiger partial charge in [-0.25, -0.2) is 4.98 Å². The van der Waals surface area contributed by atoms with Gasteiger partial charge in [0.2, 0.25) is 5.89 Å². The first-order valence-electron chi connectivity index (χ1n) is 4.85. The lowest BCUT2D eigenvalue weighted by Crippen LogP contribution is -1.93. The monoisotopic (exact) mass is 279 g/mol. The van der Waals surface area contributed by atoms with E-state index in [1.807, 2.05) is 24.3 Å². The third-order valence-corrected chi connectivity index (χ3v) is 2.54. The maximum Gasteiger partial charge on any atom is 0.226 e. The Labute approximate surface area is 102 Å². The van der Waals surface area contributed by atoms with E-state index in [2.05, 4.69) is 20.9 Å². The van der Waals surface area contributed by atoms with Crippen molar-refractivity contribution in [3.63, 3.8) is 0 Å². The lowest BCUT2D eigenvalue weighted by Gasteiger charge is -1.96. The van der Waals surface area contributed by atoms with Crippen molar-refractivity contribution in [1.29, 1.82) is 0 Å². The molecule has 0 amide bonds. The lowest BCUT2D eigenvalue weighted by atomic mass is 10.2. The van der Waals surface area contributed by atoms with Gasteiger partial charge >= 0.3 is 0 Å². The van der Waals surface area contributed by atoms with Crippen LogP contribution in [0.25, 0.3) is 11.5 Å². The average molecular weight is 280 g/mol. The van der Waals surface area contributed by atoms with E-state index in [1.165, 1.54) is 6.92 Å². The number of halogens is 1. The number of rotatable bonds is 3. The third kappa shape index (κ3) is 2.58. The van der Waals surface area contributed by atoms with Crippen LogP contribution in [0.5, 0.6) is 0 Å². The molecule has 0 fully saturated rings. The average Bonchev–Trinajstić information content (AvgIpc) is 2.65. The van der Waals surface area contributed by atoms with Crippen LogP contribution < -0.4 is 0 Å². The Morgan fingerprint density at radius 2 is 2.31 bits per heavy atom. The van der Waals surface area contributed by atoms with E-state index in [0.29, 0.717) is 18.1 Å². The molecule has 16 heavy (non-hydrogen) atoms. The fraction of sp³-hybridized carbons (Fsp3) is 0.167. The Balaban J connectivity index is 2.28. The highest BCUT2D eigenvalue weighted by Crippen LogP contribution is 2.22. The summed E-state index contributed by atoms with van der Waals surface area (Å²) in [5.74, 6) is 1.21. The van der Waals surface area contributed by atoms with Crippen molar-refractivity contribution >= 4 is 21.7 Å². The molecule has 2 aromatic rings. The number of benzene rings is 1. The summed E-state index contributed by atoms with van der Waals surface area (Å²) in [5, 5.41) is 0. The highest BCUT2D eigenvalue weighted by Gasteiger charge is 2.08. The van der Waals surface area contributed by atoms with E-state index < -0.39 is 0 Å². The number of carbonyl (C=O) groups is 1. The summed E-state index contributed by atoms with van der Waals surface area (Å²) in [7, 11) is 0. The van der Waals surface area contributed by atoms with E-state index >= 15 is 0 Å². The first-order valence-corrected chi connectivity index (χ1v) is 5.64. The summed E-state index contributed by atoms with van der Waals surface area (Å²) < 4.78 is 6.45. The molecular formula is C12H10BrNO2. The van der Waals surface area contributed by atoms with Crippen molar-refractivity contribution in [2.45, 2.75) is 13.3 Å². The molecule has 2 rings (SSSR count). The lowest BCUT2D eigenvalue weighted by molar-refractivity contribution is -0.116. The van der Waals surface area contributed by atoms with Crippen molar-refractivity contribution in [3.05, 3.63) is 40.7 Å². The number of hydrogen-bond acceptors (Lipinski definition) is 3. The Morgan fingerprint density at radius 1 is 1.50 bits per heavy atom. The van der Waals surface area contributed by atoms with Gasteiger partial charge in [0.25, 0.3) is 0 Å². The van der Waals surface area contributed by atoms with Crippen molar-refractivity contribution in [1.82, 2.24) is 4.98 Å². The summed E-state index contributed by atoms with van der Waals surface area (Å²) in [4.78, 5) is 15.1. The van der Waals surface area contributed by atoms with Gasteiger partial charge in [-0.05, 0) is 25.1 Å². The quantitative estimate of drug-likeness (QED) is 0.866. The molecule has 0 aliphatic heterocycles. The molecule has 4 heteroatoms. The number of ketones is 1. The van der Waals surface area contributed by atoms with Crippen molar-refractivity contribution in [2.24, 2.45) is 0 Å². The molecule has 0 aliphatic carbocycles. The third-order valence-electron chi connectivity index (χ3n) is 2.05. The Kier molecular flexibility index (Phi) is 3.19. The molecule has 3 nitrogen and oxygen atoms in total. The zero-order valence-corrected chi connectivity index (χ0v) is 10.3. The van der Waals surface area contributed by atoms with Crippen molar-refractivity contribution in [2.75, 3.05) is 0 Å². The Bertz CT molecular complexity index is 519. The van der Waals surface area contributed by atoms with E-state index in [-0.39, 0.29) is 5.78 Å². The van der Waals surface area contributed by atoms with E-state index in [1.54, 1.807) is 6.20 Å². The van der Waals surface area contributed by atoms with Crippen LogP contribution in [-0.2, 0) is 11.2 Å². The molecule has 82 valence electrons. The van der Waals surface area contributed by atoms with Gasteiger partial charge in [-0.1, -0.05) is 22.0 Å². The number of carbonyl (C=O) groups excluding carboxylic acids is 1. The first kappa shape index (κ1) is 11.1. The minimum atomic E-state index is 0.0666. The molecule has 0 spiro atoms. The summed E-state index contributed by atoms with van der Waals surface area (Å²) in [5.41, 5.74) is 0.893. The van der Waals surface area contributed by atoms with Crippen LogP contribution in [0.1, 0.15) is 12.7 Å². The van der Waals surface area contributed by atoms with E-state index in [4.69, 9.17) is 4.42 Å². The number of Topliss-reactive ketones (excluding diaryl/α,β-unsaturated/α-hetero) is 1. The van der Waals surface area contributed by atoms with Crippen LogP contribution in [0.4, 0.5) is 0 Å². The molecule has 0 N–H and O–H groups in total. The van der Waals surface area contributed by atoms with Gasteiger partial charge in [0.1, 0.15) is 11.5 Å². The maximum atomic E-state index is 10.9. The fourth-order valence-electron chi connectivity index (χ4n) is 1.39. The van der Waals surface area contributed by atoms with Crippen LogP contribution in [0.15, 0.2) is 39.4 Å². The zero-order valence-electron chi connectivity index (χ0n) is 8.74. The van der Waals surface area contributed by atoms with Crippen LogP contribution in [0.3, 0.4) is 0 Å². The van der Waals surface area contributed by atoms with Crippen LogP contribution in [0, 0.1) is 0 Å². The fourth-order valence-corrected chi connectivity index (χ4v) is 1.79. The van der Waals surface area contributed by atoms with Gasteiger partial charge in [-0.3, -0.25) is 4.79 Å². The van der Waals surface area contributed by atoms with Gasteiger partial charge in [-0.15, -0.1) is 0 Å². The standard InChI is InChI=1S/C12H10BrNO2/c1-8(15)5-11-7-14-12(16-11)9-3-2-4-10(13)6-9/h2-4,6-7H,5H2,1H3. The van der Waals surface area contributed by atoms with Gasteiger partial charge in [0, 0.05) is 10.0 Å². The van der Waals surface area contributed by atoms with Gasteiger partial charge in [0.05, 0.1) is 12.6 Å². The second-order valence-corrected chi connectivity index (χ2v) is 4.44.